The molecule has 1 aliphatic rings. The minimum Gasteiger partial charge on any atom is -0.0846 e. The molecular formula is C18H17B. The van der Waals surface area contributed by atoms with E-state index < -0.39 is 0 Å². The van der Waals surface area contributed by atoms with Crippen LogP contribution < -0.4 is 0 Å². The lowest BCUT2D eigenvalue weighted by atomic mass is 9.90. The molecule has 0 aliphatic heterocycles. The summed E-state index contributed by atoms with van der Waals surface area (Å²) in [5.41, 5.74) is 8.19. The molecule has 19 heavy (non-hydrogen) atoms. The largest absolute Gasteiger partial charge is 0.0846 e. The molecule has 1 heteroatoms. The Balaban J connectivity index is 2.24. The molecule has 0 saturated heterocycles. The van der Waals surface area contributed by atoms with Crippen LogP contribution in [-0.4, -0.2) is 7.85 Å². The summed E-state index contributed by atoms with van der Waals surface area (Å²) in [4.78, 5) is 0. The zero-order valence-electron chi connectivity index (χ0n) is 11.3. The van der Waals surface area contributed by atoms with Gasteiger partial charge in [-0.1, -0.05) is 60.4 Å². The average molecular weight is 244 g/mol. The zero-order chi connectivity index (χ0) is 13.2. The lowest BCUT2D eigenvalue weighted by Crippen LogP contribution is -1.93. The second-order valence-electron chi connectivity index (χ2n) is 5.17. The zero-order valence-corrected chi connectivity index (χ0v) is 11.3. The first-order chi connectivity index (χ1) is 9.29. The maximum atomic E-state index is 5.78. The minimum atomic E-state index is 0.580. The van der Waals surface area contributed by atoms with Gasteiger partial charge in [0.15, 0.2) is 0 Å². The van der Waals surface area contributed by atoms with Gasteiger partial charge < -0.3 is 0 Å². The Morgan fingerprint density at radius 1 is 1.00 bits per heavy atom. The first-order valence-corrected chi connectivity index (χ1v) is 6.88. The minimum absolute atomic E-state index is 0.580. The second-order valence-corrected chi connectivity index (χ2v) is 5.17. The van der Waals surface area contributed by atoms with Crippen LogP contribution in [0.5, 0.6) is 0 Å². The van der Waals surface area contributed by atoms with Gasteiger partial charge in [0.25, 0.3) is 0 Å². The van der Waals surface area contributed by atoms with Crippen LogP contribution in [0.4, 0.5) is 0 Å². The van der Waals surface area contributed by atoms with E-state index in [1.807, 2.05) is 0 Å². The smallest absolute Gasteiger partial charge is 0.0708 e. The van der Waals surface area contributed by atoms with Crippen LogP contribution in [0.25, 0.3) is 5.57 Å². The summed E-state index contributed by atoms with van der Waals surface area (Å²) in [5, 5.41) is 0. The van der Waals surface area contributed by atoms with Gasteiger partial charge in [0.1, 0.15) is 0 Å². The predicted octanol–water partition coefficient (Wildman–Crippen LogP) is 4.11. The van der Waals surface area contributed by atoms with Crippen molar-refractivity contribution < 1.29 is 0 Å². The third-order valence-electron chi connectivity index (χ3n) is 3.84. The van der Waals surface area contributed by atoms with E-state index in [0.717, 1.165) is 12.8 Å². The van der Waals surface area contributed by atoms with E-state index in [4.69, 9.17) is 7.85 Å². The molecule has 2 aromatic rings. The highest BCUT2D eigenvalue weighted by Gasteiger charge is 2.17. The Hall–Kier alpha value is -1.76. The van der Waals surface area contributed by atoms with Gasteiger partial charge in [0.05, 0.1) is 7.85 Å². The van der Waals surface area contributed by atoms with Gasteiger partial charge in [-0.3, -0.25) is 0 Å². The summed E-state index contributed by atoms with van der Waals surface area (Å²) in [6.07, 6.45) is 4.94. The van der Waals surface area contributed by atoms with Gasteiger partial charge in [-0.25, -0.2) is 0 Å². The topological polar surface area (TPSA) is 0 Å². The summed E-state index contributed by atoms with van der Waals surface area (Å²) in [7, 11) is 5.78. The molecule has 1 aliphatic carbocycles. The highest BCUT2D eigenvalue weighted by molar-refractivity contribution is 6.10. The monoisotopic (exact) mass is 244 g/mol. The molecule has 2 aromatic carbocycles. The fourth-order valence-corrected chi connectivity index (χ4v) is 2.95. The summed E-state index contributed by atoms with van der Waals surface area (Å²) in [5.74, 6) is 0. The van der Waals surface area contributed by atoms with Crippen LogP contribution in [0.2, 0.25) is 6.32 Å². The van der Waals surface area contributed by atoms with E-state index >= 15 is 0 Å². The first kappa shape index (κ1) is 12.3. The summed E-state index contributed by atoms with van der Waals surface area (Å²) >= 11 is 0. The van der Waals surface area contributed by atoms with Crippen molar-refractivity contribution in [1.82, 2.24) is 0 Å². The molecule has 0 spiro atoms. The van der Waals surface area contributed by atoms with Crippen molar-refractivity contribution in [2.75, 3.05) is 0 Å². The number of hydrogen-bond acceptors (Lipinski definition) is 0. The lowest BCUT2D eigenvalue weighted by molar-refractivity contribution is 0.963. The molecular weight excluding hydrogens is 227 g/mol. The average Bonchev–Trinajstić information content (AvgIpc) is 2.57. The molecule has 0 amide bonds. The van der Waals surface area contributed by atoms with E-state index in [2.05, 4.69) is 55.5 Å². The van der Waals surface area contributed by atoms with Gasteiger partial charge in [0.2, 0.25) is 0 Å². The van der Waals surface area contributed by atoms with Crippen molar-refractivity contribution in [3.05, 3.63) is 76.4 Å². The highest BCUT2D eigenvalue weighted by Crippen LogP contribution is 2.34. The van der Waals surface area contributed by atoms with Gasteiger partial charge in [-0.05, 0) is 47.6 Å². The van der Waals surface area contributed by atoms with Crippen LogP contribution in [0.15, 0.2) is 48.5 Å². The SMILES string of the molecule is [B]C/C=C1\c2ccccc2CCc2cc(C)ccc21. The molecule has 92 valence electrons. The summed E-state index contributed by atoms with van der Waals surface area (Å²) < 4.78 is 0. The molecule has 0 atom stereocenters. The van der Waals surface area contributed by atoms with E-state index in [9.17, 15) is 0 Å². The second kappa shape index (κ2) is 5.09. The first-order valence-electron chi connectivity index (χ1n) is 6.88. The molecule has 0 nitrogen and oxygen atoms in total. The molecule has 2 radical (unpaired) electrons. The van der Waals surface area contributed by atoms with Crippen LogP contribution in [0.1, 0.15) is 27.8 Å². The Bertz CT molecular complexity index is 638. The van der Waals surface area contributed by atoms with Crippen molar-refractivity contribution in [1.29, 1.82) is 0 Å². The third-order valence-corrected chi connectivity index (χ3v) is 3.84. The maximum Gasteiger partial charge on any atom is 0.0708 e. The van der Waals surface area contributed by atoms with E-state index in [1.165, 1.54) is 33.4 Å². The Morgan fingerprint density at radius 3 is 2.58 bits per heavy atom. The molecule has 0 aromatic heterocycles. The molecule has 0 unspecified atom stereocenters. The normalized spacial score (nSPS) is 15.7. The predicted molar refractivity (Wildman–Crippen MR) is 82.7 cm³/mol. The van der Waals surface area contributed by atoms with Crippen molar-refractivity contribution in [3.8, 4) is 0 Å². The van der Waals surface area contributed by atoms with Crippen molar-refractivity contribution in [2.24, 2.45) is 0 Å². The van der Waals surface area contributed by atoms with Crippen LogP contribution in [0, 0.1) is 6.92 Å². The van der Waals surface area contributed by atoms with E-state index in [1.54, 1.807) is 0 Å². The molecule has 0 heterocycles. The molecule has 0 saturated carbocycles. The van der Waals surface area contributed by atoms with Crippen molar-refractivity contribution in [3.63, 3.8) is 0 Å². The third kappa shape index (κ3) is 2.25. The molecule has 0 fully saturated rings. The van der Waals surface area contributed by atoms with Gasteiger partial charge in [-0.15, -0.1) is 0 Å². The fourth-order valence-electron chi connectivity index (χ4n) is 2.95. The number of aryl methyl sites for hydroxylation is 3. The summed E-state index contributed by atoms with van der Waals surface area (Å²) in [6.45, 7) is 2.16. The van der Waals surface area contributed by atoms with Crippen molar-refractivity contribution in [2.45, 2.75) is 26.1 Å². The number of hydrogen-bond donors (Lipinski definition) is 0. The molecule has 3 rings (SSSR count). The van der Waals surface area contributed by atoms with Gasteiger partial charge in [-0.2, -0.15) is 0 Å². The number of fused-ring (bicyclic) bond motifs is 2. The Morgan fingerprint density at radius 2 is 1.74 bits per heavy atom. The van der Waals surface area contributed by atoms with Crippen LogP contribution in [-0.2, 0) is 12.8 Å². The highest BCUT2D eigenvalue weighted by atomic mass is 14.2. The molecule has 0 bridgehead atoms. The fraction of sp³-hybridized carbons (Fsp3) is 0.222. The molecule has 0 N–H and O–H groups in total. The Kier molecular flexibility index (Phi) is 3.29. The lowest BCUT2D eigenvalue weighted by Gasteiger charge is -2.12. The van der Waals surface area contributed by atoms with Crippen LogP contribution >= 0.6 is 0 Å². The number of benzene rings is 2. The standard InChI is InChI=1S/C18H17B/c1-13-6-9-17-15(12-13)8-7-14-4-2-3-5-16(14)18(17)10-11-19/h2-6,9-10,12H,7-8,11H2,1H3/b18-10+. The van der Waals surface area contributed by atoms with Gasteiger partial charge in [0, 0.05) is 0 Å². The number of rotatable bonds is 1. The van der Waals surface area contributed by atoms with Crippen molar-refractivity contribution >= 4 is 13.4 Å². The summed E-state index contributed by atoms with van der Waals surface area (Å²) in [6, 6.07) is 15.4. The number of allylic oxidation sites excluding steroid dienone is 1. The van der Waals surface area contributed by atoms with Gasteiger partial charge >= 0.3 is 0 Å². The maximum absolute atomic E-state index is 5.78. The van der Waals surface area contributed by atoms with E-state index in [-0.39, 0.29) is 0 Å². The van der Waals surface area contributed by atoms with E-state index in [0.29, 0.717) is 6.32 Å². The Labute approximate surface area is 116 Å². The van der Waals surface area contributed by atoms with Crippen LogP contribution in [0.3, 0.4) is 0 Å². The quantitative estimate of drug-likeness (QED) is 0.662.